The minimum absolute atomic E-state index is 0.536. The second-order valence-electron chi connectivity index (χ2n) is 5.66. The van der Waals surface area contributed by atoms with Gasteiger partial charge in [0.2, 0.25) is 0 Å². The van der Waals surface area contributed by atoms with Crippen LogP contribution in [0.15, 0.2) is 0 Å². The molecule has 18 heavy (non-hydrogen) atoms. The third-order valence-corrected chi connectivity index (χ3v) is 3.71. The molecule has 0 bridgehead atoms. The summed E-state index contributed by atoms with van der Waals surface area (Å²) in [6.45, 7) is 3.13. The highest BCUT2D eigenvalue weighted by Crippen LogP contribution is 2.14. The van der Waals surface area contributed by atoms with Crippen LogP contribution in [0.2, 0.25) is 0 Å². The average molecular weight is 256 g/mol. The molecule has 0 unspecified atom stereocenters. The van der Waals surface area contributed by atoms with E-state index in [-0.39, 0.29) is 0 Å². The van der Waals surface area contributed by atoms with E-state index in [9.17, 15) is 0 Å². The summed E-state index contributed by atoms with van der Waals surface area (Å²) in [5, 5.41) is 0. The van der Waals surface area contributed by atoms with Crippen LogP contribution in [0.25, 0.3) is 0 Å². The Labute approximate surface area is 115 Å². The highest BCUT2D eigenvalue weighted by Gasteiger charge is 2.06. The third-order valence-electron chi connectivity index (χ3n) is 3.71. The van der Waals surface area contributed by atoms with Crippen molar-refractivity contribution < 1.29 is 0 Å². The van der Waals surface area contributed by atoms with E-state index >= 15 is 0 Å². The van der Waals surface area contributed by atoms with E-state index in [4.69, 9.17) is 11.5 Å². The Morgan fingerprint density at radius 2 is 1.28 bits per heavy atom. The summed E-state index contributed by atoms with van der Waals surface area (Å²) in [5.74, 6) is 0. The summed E-state index contributed by atoms with van der Waals surface area (Å²) in [6.07, 6.45) is 17.6. The molecule has 1 fully saturated rings. The lowest BCUT2D eigenvalue weighted by atomic mass is 9.97. The predicted octanol–water partition coefficient (Wildman–Crippen LogP) is 4.36. The predicted molar refractivity (Wildman–Crippen MR) is 82.7 cm³/mol. The summed E-state index contributed by atoms with van der Waals surface area (Å²) in [6, 6.07) is 0.536. The van der Waals surface area contributed by atoms with Crippen molar-refractivity contribution in [1.82, 2.24) is 0 Å². The van der Waals surface area contributed by atoms with Gasteiger partial charge in [0.15, 0.2) is 0 Å². The molecule has 0 aromatic heterocycles. The molecular weight excluding hydrogens is 220 g/mol. The van der Waals surface area contributed by atoms with Gasteiger partial charge in [-0.25, -0.2) is 0 Å². The second-order valence-corrected chi connectivity index (χ2v) is 5.66. The Morgan fingerprint density at radius 3 is 1.67 bits per heavy atom. The molecule has 1 rings (SSSR count). The molecule has 2 nitrogen and oxygen atoms in total. The topological polar surface area (TPSA) is 52.0 Å². The van der Waals surface area contributed by atoms with Crippen molar-refractivity contribution in [3.05, 3.63) is 0 Å². The van der Waals surface area contributed by atoms with Crippen LogP contribution in [0.1, 0.15) is 90.4 Å². The zero-order chi connectivity index (χ0) is 13.5. The van der Waals surface area contributed by atoms with Gasteiger partial charge in [0.1, 0.15) is 0 Å². The summed E-state index contributed by atoms with van der Waals surface area (Å²) in [7, 11) is 0. The van der Waals surface area contributed by atoms with Crippen molar-refractivity contribution in [1.29, 1.82) is 0 Å². The number of hydrogen-bond donors (Lipinski definition) is 2. The Balaban J connectivity index is 0.000000351. The van der Waals surface area contributed by atoms with Crippen molar-refractivity contribution in [2.24, 2.45) is 11.5 Å². The van der Waals surface area contributed by atoms with E-state index in [1.54, 1.807) is 0 Å². The first-order valence-electron chi connectivity index (χ1n) is 8.27. The molecule has 0 amide bonds. The highest BCUT2D eigenvalue weighted by molar-refractivity contribution is 4.66. The Bertz CT molecular complexity index is 134. The van der Waals surface area contributed by atoms with Crippen LogP contribution in [-0.2, 0) is 0 Å². The summed E-state index contributed by atoms with van der Waals surface area (Å²) in [5.41, 5.74) is 11.0. The number of unbranched alkanes of at least 4 members (excludes halogenated alkanes) is 7. The van der Waals surface area contributed by atoms with Crippen molar-refractivity contribution in [2.45, 2.75) is 96.4 Å². The molecule has 0 atom stereocenters. The molecule has 0 aliphatic heterocycles. The number of hydrogen-bond acceptors (Lipinski definition) is 2. The maximum absolute atomic E-state index is 5.63. The minimum Gasteiger partial charge on any atom is -0.330 e. The van der Waals surface area contributed by atoms with Crippen molar-refractivity contribution in [3.63, 3.8) is 0 Å². The van der Waals surface area contributed by atoms with Crippen LogP contribution >= 0.6 is 0 Å². The zero-order valence-electron chi connectivity index (χ0n) is 12.6. The van der Waals surface area contributed by atoms with Gasteiger partial charge in [-0.05, 0) is 25.8 Å². The molecule has 1 saturated carbocycles. The quantitative estimate of drug-likeness (QED) is 0.634. The first-order chi connectivity index (χ1) is 8.81. The van der Waals surface area contributed by atoms with Crippen LogP contribution in [-0.4, -0.2) is 12.6 Å². The molecule has 4 N–H and O–H groups in total. The van der Waals surface area contributed by atoms with E-state index in [1.165, 1.54) is 83.5 Å². The van der Waals surface area contributed by atoms with Crippen molar-refractivity contribution in [3.8, 4) is 0 Å². The Kier molecular flexibility index (Phi) is 14.9. The third kappa shape index (κ3) is 14.0. The van der Waals surface area contributed by atoms with E-state index in [2.05, 4.69) is 6.92 Å². The maximum atomic E-state index is 5.63. The lowest BCUT2D eigenvalue weighted by Crippen LogP contribution is -2.22. The second kappa shape index (κ2) is 15.0. The van der Waals surface area contributed by atoms with Gasteiger partial charge in [0, 0.05) is 6.04 Å². The Hall–Kier alpha value is -0.0800. The largest absolute Gasteiger partial charge is 0.330 e. The molecule has 0 aromatic carbocycles. The van der Waals surface area contributed by atoms with Gasteiger partial charge >= 0.3 is 0 Å². The molecule has 110 valence electrons. The van der Waals surface area contributed by atoms with E-state index in [0.717, 1.165) is 6.54 Å². The Morgan fingerprint density at radius 1 is 0.778 bits per heavy atom. The van der Waals surface area contributed by atoms with E-state index in [1.807, 2.05) is 0 Å². The van der Waals surface area contributed by atoms with Crippen LogP contribution < -0.4 is 11.5 Å². The number of nitrogens with two attached hydrogens (primary N) is 2. The van der Waals surface area contributed by atoms with Crippen molar-refractivity contribution >= 4 is 0 Å². The lowest BCUT2D eigenvalue weighted by Gasteiger charge is -2.15. The monoisotopic (exact) mass is 256 g/mol. The van der Waals surface area contributed by atoms with Gasteiger partial charge in [0.05, 0.1) is 0 Å². The van der Waals surface area contributed by atoms with Gasteiger partial charge in [0.25, 0.3) is 0 Å². The van der Waals surface area contributed by atoms with Crippen LogP contribution in [0.4, 0.5) is 0 Å². The van der Waals surface area contributed by atoms with Gasteiger partial charge < -0.3 is 11.5 Å². The molecule has 0 aromatic rings. The molecular formula is C16H36N2. The van der Waals surface area contributed by atoms with E-state index < -0.39 is 0 Å². The normalized spacial score (nSPS) is 16.2. The molecule has 0 saturated heterocycles. The molecule has 0 heterocycles. The van der Waals surface area contributed by atoms with Gasteiger partial charge in [-0.2, -0.15) is 0 Å². The fraction of sp³-hybridized carbons (Fsp3) is 1.00. The average Bonchev–Trinajstić information content (AvgIpc) is 2.39. The standard InChI is InChI=1S/C10H23N.C6H13N/c1-2-3-4-5-6-7-8-9-10-11;7-6-4-2-1-3-5-6/h2-11H2,1H3;6H,1-5,7H2. The summed E-state index contributed by atoms with van der Waals surface area (Å²) < 4.78 is 0. The fourth-order valence-corrected chi connectivity index (χ4v) is 2.41. The van der Waals surface area contributed by atoms with Crippen LogP contribution in [0.5, 0.6) is 0 Å². The van der Waals surface area contributed by atoms with Crippen LogP contribution in [0, 0.1) is 0 Å². The van der Waals surface area contributed by atoms with Gasteiger partial charge in [-0.1, -0.05) is 71.1 Å². The smallest absolute Gasteiger partial charge is 0.00388 e. The van der Waals surface area contributed by atoms with Gasteiger partial charge in [-0.3, -0.25) is 0 Å². The first kappa shape index (κ1) is 17.9. The summed E-state index contributed by atoms with van der Waals surface area (Å²) >= 11 is 0. The number of rotatable bonds is 8. The van der Waals surface area contributed by atoms with E-state index in [0.29, 0.717) is 6.04 Å². The fourth-order valence-electron chi connectivity index (χ4n) is 2.41. The molecule has 2 heteroatoms. The first-order valence-corrected chi connectivity index (χ1v) is 8.27. The highest BCUT2D eigenvalue weighted by atomic mass is 14.6. The van der Waals surface area contributed by atoms with Crippen molar-refractivity contribution in [2.75, 3.05) is 6.54 Å². The minimum atomic E-state index is 0.536. The maximum Gasteiger partial charge on any atom is 0.00388 e. The summed E-state index contributed by atoms with van der Waals surface area (Å²) in [4.78, 5) is 0. The molecule has 1 aliphatic rings. The zero-order valence-corrected chi connectivity index (χ0v) is 12.6. The molecule has 0 radical (unpaired) electrons. The molecule has 1 aliphatic carbocycles. The SMILES string of the molecule is CCCCCCCCCCN.NC1CCCCC1. The van der Waals surface area contributed by atoms with Crippen LogP contribution in [0.3, 0.4) is 0 Å². The lowest BCUT2D eigenvalue weighted by molar-refractivity contribution is 0.441. The molecule has 0 spiro atoms. The van der Waals surface area contributed by atoms with Gasteiger partial charge in [-0.15, -0.1) is 0 Å².